The van der Waals surface area contributed by atoms with Crippen LogP contribution >= 0.6 is 23.2 Å². The summed E-state index contributed by atoms with van der Waals surface area (Å²) in [6, 6.07) is 10.2. The maximum atomic E-state index is 11.9. The van der Waals surface area contributed by atoms with E-state index in [0.717, 1.165) is 18.4 Å². The van der Waals surface area contributed by atoms with E-state index in [1.807, 2.05) is 12.1 Å². The zero-order valence-corrected chi connectivity index (χ0v) is 17.2. The van der Waals surface area contributed by atoms with Crippen molar-refractivity contribution in [2.24, 2.45) is 5.10 Å². The molecule has 28 heavy (non-hydrogen) atoms. The van der Waals surface area contributed by atoms with Crippen LogP contribution in [0.25, 0.3) is 0 Å². The number of hydrogen-bond acceptors (Lipinski definition) is 5. The number of rotatable bonds is 10. The van der Waals surface area contributed by atoms with Gasteiger partial charge in [-0.15, -0.1) is 0 Å². The highest BCUT2D eigenvalue weighted by molar-refractivity contribution is 6.34. The molecule has 150 valence electrons. The summed E-state index contributed by atoms with van der Waals surface area (Å²) in [6.07, 6.45) is 3.53. The number of nitrogens with zero attached hydrogens (tertiary/aromatic N) is 1. The zero-order chi connectivity index (χ0) is 20.4. The van der Waals surface area contributed by atoms with Gasteiger partial charge in [0.1, 0.15) is 5.75 Å². The minimum atomic E-state index is -0.432. The molecule has 0 radical (unpaired) electrons. The van der Waals surface area contributed by atoms with Gasteiger partial charge in [0.25, 0.3) is 5.91 Å². The van der Waals surface area contributed by atoms with Crippen LogP contribution in [0.3, 0.4) is 0 Å². The molecule has 0 aliphatic carbocycles. The monoisotopic (exact) mass is 424 g/mol. The highest BCUT2D eigenvalue weighted by atomic mass is 35.5. The molecule has 1 amide bonds. The predicted octanol–water partition coefficient (Wildman–Crippen LogP) is 4.71. The van der Waals surface area contributed by atoms with E-state index in [-0.39, 0.29) is 6.61 Å². The van der Waals surface area contributed by atoms with Crippen molar-refractivity contribution in [3.8, 4) is 17.2 Å². The molecule has 0 saturated carbocycles. The molecule has 0 spiro atoms. The van der Waals surface area contributed by atoms with Crippen molar-refractivity contribution in [3.05, 3.63) is 52.0 Å². The van der Waals surface area contributed by atoms with E-state index in [9.17, 15) is 4.79 Å². The molecule has 0 unspecified atom stereocenters. The van der Waals surface area contributed by atoms with Gasteiger partial charge in [-0.25, -0.2) is 5.43 Å². The summed E-state index contributed by atoms with van der Waals surface area (Å²) < 4.78 is 16.4. The van der Waals surface area contributed by atoms with Gasteiger partial charge in [-0.05, 0) is 42.3 Å². The van der Waals surface area contributed by atoms with E-state index in [2.05, 4.69) is 17.5 Å². The van der Waals surface area contributed by atoms with Crippen LogP contribution in [0.2, 0.25) is 10.0 Å². The van der Waals surface area contributed by atoms with Crippen LogP contribution in [0, 0.1) is 0 Å². The Labute approximate surface area is 174 Å². The van der Waals surface area contributed by atoms with Crippen molar-refractivity contribution in [2.45, 2.75) is 19.8 Å². The first-order chi connectivity index (χ1) is 13.5. The normalized spacial score (nSPS) is 10.7. The smallest absolute Gasteiger partial charge is 0.277 e. The molecule has 2 rings (SSSR count). The number of nitrogens with one attached hydrogen (secondary N) is 1. The highest BCUT2D eigenvalue weighted by Crippen LogP contribution is 2.28. The first kappa shape index (κ1) is 21.9. The summed E-state index contributed by atoms with van der Waals surface area (Å²) in [5.41, 5.74) is 3.14. The van der Waals surface area contributed by atoms with Gasteiger partial charge in [0.2, 0.25) is 0 Å². The number of unbranched alkanes of at least 4 members (excludes halogenated alkanes) is 1. The Balaban J connectivity index is 1.87. The fraction of sp³-hybridized carbons (Fsp3) is 0.300. The standard InChI is InChI=1S/C20H22Cl2N2O4/c1-3-4-9-27-17-8-5-14(10-19(17)26-2)12-23-24-20(25)13-28-18-11-15(21)6-7-16(18)22/h5-8,10-12H,3-4,9,13H2,1-2H3,(H,24,25)/b23-12+. The van der Waals surface area contributed by atoms with Gasteiger partial charge >= 0.3 is 0 Å². The zero-order valence-electron chi connectivity index (χ0n) is 15.7. The molecule has 0 fully saturated rings. The topological polar surface area (TPSA) is 69.2 Å². The summed E-state index contributed by atoms with van der Waals surface area (Å²) in [5, 5.41) is 4.75. The third kappa shape index (κ3) is 6.94. The van der Waals surface area contributed by atoms with Crippen molar-refractivity contribution in [2.75, 3.05) is 20.3 Å². The van der Waals surface area contributed by atoms with Crippen molar-refractivity contribution >= 4 is 35.3 Å². The molecular formula is C20H22Cl2N2O4. The third-order valence-corrected chi connectivity index (χ3v) is 4.15. The largest absolute Gasteiger partial charge is 0.493 e. The molecule has 6 nitrogen and oxygen atoms in total. The lowest BCUT2D eigenvalue weighted by molar-refractivity contribution is -0.123. The highest BCUT2D eigenvalue weighted by Gasteiger charge is 2.07. The number of hydrazone groups is 1. The predicted molar refractivity (Wildman–Crippen MR) is 111 cm³/mol. The van der Waals surface area contributed by atoms with Crippen LogP contribution in [0.5, 0.6) is 17.2 Å². The summed E-state index contributed by atoms with van der Waals surface area (Å²) in [5.74, 6) is 1.17. The van der Waals surface area contributed by atoms with Crippen LogP contribution < -0.4 is 19.6 Å². The number of benzene rings is 2. The number of carbonyl (C=O) groups is 1. The van der Waals surface area contributed by atoms with Crippen LogP contribution in [0.1, 0.15) is 25.3 Å². The van der Waals surface area contributed by atoms with E-state index in [1.54, 1.807) is 25.3 Å². The molecule has 0 atom stereocenters. The Bertz CT molecular complexity index is 828. The SMILES string of the molecule is CCCCOc1ccc(/C=N/NC(=O)COc2cc(Cl)ccc2Cl)cc1OC. The van der Waals surface area contributed by atoms with Gasteiger partial charge in [-0.1, -0.05) is 36.5 Å². The summed E-state index contributed by atoms with van der Waals surface area (Å²) >= 11 is 11.9. The lowest BCUT2D eigenvalue weighted by atomic mass is 10.2. The number of halogens is 2. The minimum Gasteiger partial charge on any atom is -0.493 e. The molecule has 2 aromatic rings. The van der Waals surface area contributed by atoms with Crippen molar-refractivity contribution < 1.29 is 19.0 Å². The van der Waals surface area contributed by atoms with Gasteiger partial charge in [0.05, 0.1) is 25.0 Å². The van der Waals surface area contributed by atoms with Gasteiger partial charge in [0.15, 0.2) is 18.1 Å². The molecule has 0 aromatic heterocycles. The molecule has 0 saturated heterocycles. The lowest BCUT2D eigenvalue weighted by Gasteiger charge is -2.10. The fourth-order valence-corrected chi connectivity index (χ4v) is 2.49. The third-order valence-electron chi connectivity index (χ3n) is 3.60. The molecular weight excluding hydrogens is 403 g/mol. The van der Waals surface area contributed by atoms with Gasteiger partial charge in [0, 0.05) is 11.1 Å². The van der Waals surface area contributed by atoms with Crippen LogP contribution in [-0.2, 0) is 4.79 Å². The van der Waals surface area contributed by atoms with E-state index >= 15 is 0 Å². The first-order valence-corrected chi connectivity index (χ1v) is 9.49. The van der Waals surface area contributed by atoms with Crippen LogP contribution in [0.4, 0.5) is 0 Å². The Morgan fingerprint density at radius 1 is 1.11 bits per heavy atom. The Morgan fingerprint density at radius 2 is 1.93 bits per heavy atom. The number of amides is 1. The average Bonchev–Trinajstić information content (AvgIpc) is 2.69. The fourth-order valence-electron chi connectivity index (χ4n) is 2.15. The van der Waals surface area contributed by atoms with E-state index in [4.69, 9.17) is 37.4 Å². The Kier molecular flexibility index (Phi) is 8.91. The first-order valence-electron chi connectivity index (χ1n) is 8.74. The van der Waals surface area contributed by atoms with Crippen LogP contribution in [0.15, 0.2) is 41.5 Å². The molecule has 0 aliphatic heterocycles. The Hall–Kier alpha value is -2.44. The van der Waals surface area contributed by atoms with Crippen molar-refractivity contribution in [3.63, 3.8) is 0 Å². The van der Waals surface area contributed by atoms with Crippen molar-refractivity contribution in [1.29, 1.82) is 0 Å². The molecule has 2 aromatic carbocycles. The van der Waals surface area contributed by atoms with E-state index < -0.39 is 5.91 Å². The molecule has 0 bridgehead atoms. The second-order valence-corrected chi connectivity index (χ2v) is 6.61. The maximum Gasteiger partial charge on any atom is 0.277 e. The van der Waals surface area contributed by atoms with E-state index in [1.165, 1.54) is 12.3 Å². The summed E-state index contributed by atoms with van der Waals surface area (Å²) in [7, 11) is 1.57. The second kappa shape index (κ2) is 11.4. The summed E-state index contributed by atoms with van der Waals surface area (Å²) in [4.78, 5) is 11.9. The maximum absolute atomic E-state index is 11.9. The molecule has 0 aliphatic rings. The molecule has 1 N–H and O–H groups in total. The van der Waals surface area contributed by atoms with Crippen LogP contribution in [-0.4, -0.2) is 32.4 Å². The molecule has 8 heteroatoms. The average molecular weight is 425 g/mol. The van der Waals surface area contributed by atoms with E-state index in [0.29, 0.717) is 33.9 Å². The number of methoxy groups -OCH3 is 1. The Morgan fingerprint density at radius 3 is 2.68 bits per heavy atom. The van der Waals surface area contributed by atoms with Crippen molar-refractivity contribution in [1.82, 2.24) is 5.43 Å². The number of hydrogen-bond donors (Lipinski definition) is 1. The number of carbonyl (C=O) groups excluding carboxylic acids is 1. The molecule has 0 heterocycles. The lowest BCUT2D eigenvalue weighted by Crippen LogP contribution is -2.24. The number of ether oxygens (including phenoxy) is 3. The quantitative estimate of drug-likeness (QED) is 0.340. The van der Waals surface area contributed by atoms with Gasteiger partial charge in [-0.2, -0.15) is 5.10 Å². The van der Waals surface area contributed by atoms with Gasteiger partial charge < -0.3 is 14.2 Å². The van der Waals surface area contributed by atoms with Gasteiger partial charge in [-0.3, -0.25) is 4.79 Å². The second-order valence-electron chi connectivity index (χ2n) is 5.77. The minimum absolute atomic E-state index is 0.245. The summed E-state index contributed by atoms with van der Waals surface area (Å²) in [6.45, 7) is 2.49.